The number of hydrogen-bond donors (Lipinski definition) is 3. The van der Waals surface area contributed by atoms with Crippen LogP contribution in [0.4, 0.5) is 0 Å². The van der Waals surface area contributed by atoms with E-state index >= 15 is 0 Å². The summed E-state index contributed by atoms with van der Waals surface area (Å²) in [6, 6.07) is 3.30. The lowest BCUT2D eigenvalue weighted by Gasteiger charge is -2.04. The van der Waals surface area contributed by atoms with Crippen molar-refractivity contribution in [1.29, 1.82) is 5.41 Å². The van der Waals surface area contributed by atoms with E-state index < -0.39 is 0 Å². The van der Waals surface area contributed by atoms with Gasteiger partial charge in [-0.2, -0.15) is 0 Å². The van der Waals surface area contributed by atoms with Crippen LogP contribution in [0.25, 0.3) is 5.82 Å². The van der Waals surface area contributed by atoms with Crippen molar-refractivity contribution in [3.05, 3.63) is 42.6 Å². The molecule has 0 atom stereocenters. The van der Waals surface area contributed by atoms with Crippen molar-refractivity contribution in [2.24, 2.45) is 0 Å². The van der Waals surface area contributed by atoms with Gasteiger partial charge in [-0.05, 0) is 12.1 Å². The molecule has 0 aliphatic heterocycles. The van der Waals surface area contributed by atoms with Crippen LogP contribution in [0.15, 0.2) is 37.1 Å². The fraction of sp³-hybridized carbons (Fsp3) is 0. The van der Waals surface area contributed by atoms with Crippen LogP contribution < -0.4 is 5.48 Å². The predicted molar refractivity (Wildman–Crippen MR) is 53.1 cm³/mol. The molecule has 2 heterocycles. The Kier molecular flexibility index (Phi) is 2.42. The third-order valence-corrected chi connectivity index (χ3v) is 1.91. The summed E-state index contributed by atoms with van der Waals surface area (Å²) < 4.78 is 1.72. The molecule has 2 rings (SSSR count). The van der Waals surface area contributed by atoms with Crippen molar-refractivity contribution in [2.45, 2.75) is 0 Å². The van der Waals surface area contributed by atoms with Gasteiger partial charge >= 0.3 is 0 Å². The first-order chi connectivity index (χ1) is 7.31. The molecule has 0 aliphatic rings. The SMILES string of the molecule is N=C(NO)c1ccnc(-n2ccnc2)c1. The first-order valence-electron chi connectivity index (χ1n) is 4.24. The highest BCUT2D eigenvalue weighted by Crippen LogP contribution is 2.06. The van der Waals surface area contributed by atoms with E-state index in [4.69, 9.17) is 10.6 Å². The number of hydroxylamine groups is 1. The lowest BCUT2D eigenvalue weighted by atomic mass is 10.2. The van der Waals surface area contributed by atoms with Gasteiger partial charge in [0, 0.05) is 24.2 Å². The Morgan fingerprint density at radius 3 is 3.00 bits per heavy atom. The molecule has 0 bridgehead atoms. The van der Waals surface area contributed by atoms with Crippen molar-refractivity contribution in [2.75, 3.05) is 0 Å². The Bertz CT molecular complexity index is 465. The largest absolute Gasteiger partial charge is 0.291 e. The average molecular weight is 203 g/mol. The number of aromatic nitrogens is 3. The van der Waals surface area contributed by atoms with Crippen LogP contribution in [-0.2, 0) is 0 Å². The average Bonchev–Trinajstić information content (AvgIpc) is 2.82. The zero-order valence-electron chi connectivity index (χ0n) is 7.75. The molecule has 76 valence electrons. The van der Waals surface area contributed by atoms with E-state index in [9.17, 15) is 0 Å². The minimum Gasteiger partial charge on any atom is -0.291 e. The van der Waals surface area contributed by atoms with Crippen LogP contribution in [0.1, 0.15) is 5.56 Å². The highest BCUT2D eigenvalue weighted by Gasteiger charge is 2.02. The minimum absolute atomic E-state index is 0.0706. The molecule has 0 saturated heterocycles. The molecule has 0 fully saturated rings. The molecule has 0 aliphatic carbocycles. The molecule has 2 aromatic rings. The van der Waals surface area contributed by atoms with Crippen LogP contribution >= 0.6 is 0 Å². The van der Waals surface area contributed by atoms with Gasteiger partial charge in [0.05, 0.1) is 0 Å². The van der Waals surface area contributed by atoms with Gasteiger partial charge in [0.25, 0.3) is 0 Å². The number of imidazole rings is 1. The Labute approximate surface area is 85.7 Å². The number of hydrogen-bond acceptors (Lipinski definition) is 4. The minimum atomic E-state index is -0.0706. The smallest absolute Gasteiger partial charge is 0.149 e. The Morgan fingerprint density at radius 2 is 2.33 bits per heavy atom. The number of amidine groups is 1. The molecular formula is C9H9N5O. The number of nitrogens with one attached hydrogen (secondary N) is 2. The van der Waals surface area contributed by atoms with E-state index in [1.54, 1.807) is 47.1 Å². The summed E-state index contributed by atoms with van der Waals surface area (Å²) in [4.78, 5) is 8.01. The zero-order valence-corrected chi connectivity index (χ0v) is 7.75. The van der Waals surface area contributed by atoms with Crippen molar-refractivity contribution < 1.29 is 5.21 Å². The molecule has 0 saturated carbocycles. The first kappa shape index (κ1) is 9.35. The Balaban J connectivity index is 2.39. The monoisotopic (exact) mass is 203 g/mol. The van der Waals surface area contributed by atoms with E-state index in [1.165, 1.54) is 0 Å². The second-order valence-corrected chi connectivity index (χ2v) is 2.86. The first-order valence-corrected chi connectivity index (χ1v) is 4.24. The van der Waals surface area contributed by atoms with Gasteiger partial charge in [0.2, 0.25) is 0 Å². The van der Waals surface area contributed by atoms with Gasteiger partial charge in [-0.15, -0.1) is 0 Å². The fourth-order valence-corrected chi connectivity index (χ4v) is 1.17. The summed E-state index contributed by atoms with van der Waals surface area (Å²) in [5.41, 5.74) is 2.34. The molecule has 0 radical (unpaired) electrons. The lowest BCUT2D eigenvalue weighted by molar-refractivity contribution is 0.234. The lowest BCUT2D eigenvalue weighted by Crippen LogP contribution is -2.18. The fourth-order valence-electron chi connectivity index (χ4n) is 1.17. The second-order valence-electron chi connectivity index (χ2n) is 2.86. The molecule has 15 heavy (non-hydrogen) atoms. The van der Waals surface area contributed by atoms with Crippen molar-refractivity contribution in [3.63, 3.8) is 0 Å². The predicted octanol–water partition coefficient (Wildman–Crippen LogP) is 0.571. The quantitative estimate of drug-likeness (QED) is 0.378. The summed E-state index contributed by atoms with van der Waals surface area (Å²) in [6.45, 7) is 0. The molecule has 2 aromatic heterocycles. The topological polar surface area (TPSA) is 86.8 Å². The standard InChI is InChI=1S/C9H9N5O/c10-9(13-15)7-1-2-12-8(5-7)14-4-3-11-6-14/h1-6,15H,(H2,10,13). The molecule has 3 N–H and O–H groups in total. The molecule has 0 amide bonds. The van der Waals surface area contributed by atoms with Crippen LogP contribution in [0.2, 0.25) is 0 Å². The van der Waals surface area contributed by atoms with Crippen molar-refractivity contribution >= 4 is 5.84 Å². The summed E-state index contributed by atoms with van der Waals surface area (Å²) in [6.07, 6.45) is 6.57. The van der Waals surface area contributed by atoms with E-state index in [-0.39, 0.29) is 5.84 Å². The van der Waals surface area contributed by atoms with Gasteiger partial charge in [0.1, 0.15) is 18.0 Å². The Hall–Kier alpha value is -2.21. The molecule has 6 nitrogen and oxygen atoms in total. The van der Waals surface area contributed by atoms with Crippen LogP contribution in [0, 0.1) is 5.41 Å². The maximum absolute atomic E-state index is 8.60. The maximum Gasteiger partial charge on any atom is 0.149 e. The van der Waals surface area contributed by atoms with Crippen LogP contribution in [-0.4, -0.2) is 25.6 Å². The van der Waals surface area contributed by atoms with E-state index in [0.29, 0.717) is 11.4 Å². The molecule has 0 unspecified atom stereocenters. The molecule has 0 aromatic carbocycles. The van der Waals surface area contributed by atoms with E-state index in [2.05, 4.69) is 9.97 Å². The molecule has 6 heteroatoms. The highest BCUT2D eigenvalue weighted by atomic mass is 16.5. The molecular weight excluding hydrogens is 194 g/mol. The van der Waals surface area contributed by atoms with Gasteiger partial charge in [-0.3, -0.25) is 20.7 Å². The van der Waals surface area contributed by atoms with E-state index in [0.717, 1.165) is 0 Å². The van der Waals surface area contributed by atoms with Gasteiger partial charge < -0.3 is 0 Å². The number of rotatable bonds is 2. The summed E-state index contributed by atoms with van der Waals surface area (Å²) >= 11 is 0. The number of nitrogens with zero attached hydrogens (tertiary/aromatic N) is 3. The summed E-state index contributed by atoms with van der Waals surface area (Å²) in [5, 5.41) is 16.0. The maximum atomic E-state index is 8.60. The van der Waals surface area contributed by atoms with Crippen LogP contribution in [0.3, 0.4) is 0 Å². The zero-order chi connectivity index (χ0) is 10.7. The summed E-state index contributed by atoms with van der Waals surface area (Å²) in [7, 11) is 0. The van der Waals surface area contributed by atoms with Crippen LogP contribution in [0.5, 0.6) is 0 Å². The van der Waals surface area contributed by atoms with Crippen molar-refractivity contribution in [3.8, 4) is 5.82 Å². The normalized spacial score (nSPS) is 9.93. The second kappa shape index (κ2) is 3.89. The molecule has 0 spiro atoms. The highest BCUT2D eigenvalue weighted by molar-refractivity contribution is 5.95. The Morgan fingerprint density at radius 1 is 1.47 bits per heavy atom. The summed E-state index contributed by atoms with van der Waals surface area (Å²) in [5.74, 6) is 0.573. The van der Waals surface area contributed by atoms with Gasteiger partial charge in [-0.1, -0.05) is 0 Å². The van der Waals surface area contributed by atoms with Gasteiger partial charge in [0.15, 0.2) is 0 Å². The van der Waals surface area contributed by atoms with Crippen molar-refractivity contribution in [1.82, 2.24) is 20.0 Å². The third-order valence-electron chi connectivity index (χ3n) is 1.91. The van der Waals surface area contributed by atoms with E-state index in [1.807, 2.05) is 0 Å². The number of pyridine rings is 1. The van der Waals surface area contributed by atoms with Gasteiger partial charge in [-0.25, -0.2) is 9.97 Å². The third kappa shape index (κ3) is 1.84.